The second-order valence-corrected chi connectivity index (χ2v) is 5.18. The van der Waals surface area contributed by atoms with Crippen molar-refractivity contribution in [2.45, 2.75) is 44.9 Å². The molecule has 1 aliphatic rings. The van der Waals surface area contributed by atoms with Gasteiger partial charge in [0.05, 0.1) is 25.6 Å². The Hall–Kier alpha value is -1.73. The molecule has 0 saturated carbocycles. The fourth-order valence-corrected chi connectivity index (χ4v) is 2.49. The summed E-state index contributed by atoms with van der Waals surface area (Å²) in [5.41, 5.74) is 1.37. The summed E-state index contributed by atoms with van der Waals surface area (Å²) < 4.78 is 13.3. The van der Waals surface area contributed by atoms with E-state index in [1.807, 2.05) is 4.57 Å². The first kappa shape index (κ1) is 14.2. The molecular formula is C14H20N4O3. The number of aromatic nitrogens is 4. The summed E-state index contributed by atoms with van der Waals surface area (Å²) >= 11 is 0. The fraction of sp³-hybridized carbons (Fsp3) is 0.643. The second kappa shape index (κ2) is 6.36. The zero-order valence-corrected chi connectivity index (χ0v) is 12.1. The van der Waals surface area contributed by atoms with Crippen LogP contribution in [0.5, 0.6) is 5.88 Å². The number of fused-ring (bicyclic) bond motifs is 1. The number of unbranched alkanes of at least 4 members (excludes halogenated alkanes) is 1. The zero-order valence-electron chi connectivity index (χ0n) is 12.1. The van der Waals surface area contributed by atoms with Crippen molar-refractivity contribution < 1.29 is 14.6 Å². The van der Waals surface area contributed by atoms with E-state index in [-0.39, 0.29) is 18.9 Å². The molecule has 0 radical (unpaired) electrons. The highest BCUT2D eigenvalue weighted by Gasteiger charge is 2.27. The van der Waals surface area contributed by atoms with E-state index in [1.54, 1.807) is 6.33 Å². The van der Waals surface area contributed by atoms with E-state index in [9.17, 15) is 0 Å². The van der Waals surface area contributed by atoms with E-state index in [0.717, 1.165) is 25.7 Å². The number of aliphatic hydroxyl groups excluding tert-OH is 1. The van der Waals surface area contributed by atoms with E-state index in [2.05, 4.69) is 21.9 Å². The maximum atomic E-state index is 9.16. The summed E-state index contributed by atoms with van der Waals surface area (Å²) in [5.74, 6) is 0.518. The van der Waals surface area contributed by atoms with Crippen molar-refractivity contribution in [3.63, 3.8) is 0 Å². The lowest BCUT2D eigenvalue weighted by Gasteiger charge is -2.13. The smallest absolute Gasteiger partial charge is 0.245 e. The van der Waals surface area contributed by atoms with Crippen molar-refractivity contribution in [2.24, 2.45) is 0 Å². The molecule has 0 aliphatic carbocycles. The van der Waals surface area contributed by atoms with Gasteiger partial charge < -0.3 is 14.6 Å². The van der Waals surface area contributed by atoms with Crippen molar-refractivity contribution in [2.75, 3.05) is 13.2 Å². The van der Waals surface area contributed by atoms with Gasteiger partial charge in [-0.05, 0) is 19.3 Å². The lowest BCUT2D eigenvalue weighted by Crippen LogP contribution is -2.14. The molecule has 0 spiro atoms. The Morgan fingerprint density at radius 3 is 3.05 bits per heavy atom. The van der Waals surface area contributed by atoms with Crippen LogP contribution in [0.3, 0.4) is 0 Å². The first-order valence-corrected chi connectivity index (χ1v) is 7.40. The van der Waals surface area contributed by atoms with Gasteiger partial charge in [0.1, 0.15) is 12.6 Å². The third kappa shape index (κ3) is 2.84. The lowest BCUT2D eigenvalue weighted by atomic mass is 10.2. The average molecular weight is 292 g/mol. The van der Waals surface area contributed by atoms with Crippen LogP contribution in [0.15, 0.2) is 12.7 Å². The summed E-state index contributed by atoms with van der Waals surface area (Å²) in [4.78, 5) is 12.8. The van der Waals surface area contributed by atoms with Gasteiger partial charge in [0, 0.05) is 0 Å². The molecule has 2 aromatic rings. The minimum absolute atomic E-state index is 0.0451. The van der Waals surface area contributed by atoms with Gasteiger partial charge >= 0.3 is 0 Å². The molecule has 3 rings (SSSR count). The van der Waals surface area contributed by atoms with Crippen LogP contribution in [0.25, 0.3) is 11.2 Å². The molecule has 1 fully saturated rings. The van der Waals surface area contributed by atoms with Gasteiger partial charge in [-0.25, -0.2) is 9.97 Å². The molecule has 1 aliphatic heterocycles. The molecule has 7 heteroatoms. The number of imidazole rings is 1. The van der Waals surface area contributed by atoms with E-state index in [0.29, 0.717) is 23.7 Å². The lowest BCUT2D eigenvalue weighted by molar-refractivity contribution is -0.0207. The largest absolute Gasteiger partial charge is 0.476 e. The summed E-state index contributed by atoms with van der Waals surface area (Å²) in [6.07, 6.45) is 6.69. The number of hydrogen-bond donors (Lipinski definition) is 1. The normalized spacial score (nSPS) is 22.0. The van der Waals surface area contributed by atoms with Crippen LogP contribution >= 0.6 is 0 Å². The Balaban J connectivity index is 1.83. The van der Waals surface area contributed by atoms with Crippen LogP contribution in [0.4, 0.5) is 0 Å². The maximum Gasteiger partial charge on any atom is 0.245 e. The van der Waals surface area contributed by atoms with Gasteiger partial charge in [-0.2, -0.15) is 4.98 Å². The van der Waals surface area contributed by atoms with Crippen molar-refractivity contribution in [3.8, 4) is 5.88 Å². The predicted molar refractivity (Wildman–Crippen MR) is 76.0 cm³/mol. The molecule has 3 heterocycles. The SMILES string of the molecule is CCCCOc1ncnc2c1ncn2[C@H]1CC[C@@H](CO)O1. The van der Waals surface area contributed by atoms with Crippen LogP contribution in [0.2, 0.25) is 0 Å². The monoisotopic (exact) mass is 292 g/mol. The molecule has 0 bridgehead atoms. The molecular weight excluding hydrogens is 272 g/mol. The first-order valence-electron chi connectivity index (χ1n) is 7.40. The third-order valence-electron chi connectivity index (χ3n) is 3.66. The topological polar surface area (TPSA) is 82.3 Å². The average Bonchev–Trinajstić information content (AvgIpc) is 3.14. The summed E-state index contributed by atoms with van der Waals surface area (Å²) in [6.45, 7) is 2.79. The summed E-state index contributed by atoms with van der Waals surface area (Å²) in [7, 11) is 0. The minimum atomic E-state index is -0.134. The molecule has 1 N–H and O–H groups in total. The molecule has 0 aromatic carbocycles. The van der Waals surface area contributed by atoms with E-state index >= 15 is 0 Å². The van der Waals surface area contributed by atoms with Crippen molar-refractivity contribution in [1.82, 2.24) is 19.5 Å². The Kier molecular flexibility index (Phi) is 4.31. The van der Waals surface area contributed by atoms with Gasteiger partial charge in [0.2, 0.25) is 5.88 Å². The maximum absolute atomic E-state index is 9.16. The molecule has 114 valence electrons. The molecule has 7 nitrogen and oxygen atoms in total. The molecule has 21 heavy (non-hydrogen) atoms. The van der Waals surface area contributed by atoms with Crippen LogP contribution in [0.1, 0.15) is 38.8 Å². The molecule has 2 aromatic heterocycles. The predicted octanol–water partition coefficient (Wildman–Crippen LogP) is 1.68. The van der Waals surface area contributed by atoms with E-state index < -0.39 is 0 Å². The zero-order chi connectivity index (χ0) is 14.7. The Labute approximate surface area is 122 Å². The van der Waals surface area contributed by atoms with E-state index in [1.165, 1.54) is 6.33 Å². The van der Waals surface area contributed by atoms with Crippen LogP contribution in [0, 0.1) is 0 Å². The highest BCUT2D eigenvalue weighted by atomic mass is 16.5. The van der Waals surface area contributed by atoms with Crippen LogP contribution < -0.4 is 4.74 Å². The van der Waals surface area contributed by atoms with Crippen molar-refractivity contribution in [1.29, 1.82) is 0 Å². The minimum Gasteiger partial charge on any atom is -0.476 e. The quantitative estimate of drug-likeness (QED) is 0.816. The van der Waals surface area contributed by atoms with Gasteiger partial charge in [0.25, 0.3) is 0 Å². The standard InChI is InChI=1S/C14H20N4O3/c1-2-3-6-20-14-12-13(15-8-16-14)18(9-17-12)11-5-4-10(7-19)21-11/h8-11,19H,2-7H2,1H3/t10-,11+/m0/s1. The number of ether oxygens (including phenoxy) is 2. The van der Waals surface area contributed by atoms with Gasteiger partial charge in [-0.3, -0.25) is 4.57 Å². The Bertz CT molecular complexity index is 601. The summed E-state index contributed by atoms with van der Waals surface area (Å²) in [6, 6.07) is 0. The molecule has 2 atom stereocenters. The van der Waals surface area contributed by atoms with Gasteiger partial charge in [-0.1, -0.05) is 13.3 Å². The second-order valence-electron chi connectivity index (χ2n) is 5.18. The van der Waals surface area contributed by atoms with Crippen molar-refractivity contribution in [3.05, 3.63) is 12.7 Å². The number of aliphatic hydroxyl groups is 1. The van der Waals surface area contributed by atoms with Crippen LogP contribution in [-0.2, 0) is 4.74 Å². The highest BCUT2D eigenvalue weighted by molar-refractivity contribution is 5.75. The molecule has 0 amide bonds. The van der Waals surface area contributed by atoms with E-state index in [4.69, 9.17) is 14.6 Å². The third-order valence-corrected chi connectivity index (χ3v) is 3.66. The Morgan fingerprint density at radius 2 is 2.29 bits per heavy atom. The van der Waals surface area contributed by atoms with Gasteiger partial charge in [-0.15, -0.1) is 0 Å². The Morgan fingerprint density at radius 1 is 1.38 bits per heavy atom. The van der Waals surface area contributed by atoms with Crippen molar-refractivity contribution >= 4 is 11.2 Å². The number of nitrogens with zero attached hydrogens (tertiary/aromatic N) is 4. The number of rotatable bonds is 6. The van der Waals surface area contributed by atoms with Gasteiger partial charge in [0.15, 0.2) is 11.2 Å². The molecule has 0 unspecified atom stereocenters. The highest BCUT2D eigenvalue weighted by Crippen LogP contribution is 2.31. The fourth-order valence-electron chi connectivity index (χ4n) is 2.49. The summed E-state index contributed by atoms with van der Waals surface area (Å²) in [5, 5.41) is 9.16. The molecule has 1 saturated heterocycles. The number of hydrogen-bond acceptors (Lipinski definition) is 6. The first-order chi connectivity index (χ1) is 10.3. The van der Waals surface area contributed by atoms with Crippen LogP contribution in [-0.4, -0.2) is 43.9 Å².